The fraction of sp³-hybridized carbons (Fsp3) is 0.0769. The molecule has 0 unspecified atom stereocenters. The van der Waals surface area contributed by atoms with Crippen molar-refractivity contribution in [3.63, 3.8) is 0 Å². The van der Waals surface area contributed by atoms with Gasteiger partial charge in [-0.25, -0.2) is 4.57 Å². The number of pyridine rings is 1. The van der Waals surface area contributed by atoms with Crippen LogP contribution in [0.15, 0.2) is 83.4 Å². The first-order chi connectivity index (χ1) is 14.2. The number of nitrogens with zero attached hydrogens (tertiary/aromatic N) is 2. The van der Waals surface area contributed by atoms with E-state index in [1.807, 2.05) is 61.8 Å². The van der Waals surface area contributed by atoms with E-state index in [4.69, 9.17) is 4.42 Å². The van der Waals surface area contributed by atoms with Crippen LogP contribution in [0.5, 0.6) is 0 Å². The minimum absolute atomic E-state index is 0.645. The SMILES string of the molecule is Cc1ccc2c(oc3c(-c4ccccc4C#N)cccc32)c1-c1cccc[n+]1C. The lowest BCUT2D eigenvalue weighted by Gasteiger charge is -2.05. The molecule has 0 bridgehead atoms. The van der Waals surface area contributed by atoms with Crippen molar-refractivity contribution in [2.75, 3.05) is 0 Å². The molecule has 0 N–H and O–H groups in total. The summed E-state index contributed by atoms with van der Waals surface area (Å²) >= 11 is 0. The summed E-state index contributed by atoms with van der Waals surface area (Å²) in [7, 11) is 2.05. The van der Waals surface area contributed by atoms with E-state index in [0.717, 1.165) is 49.9 Å². The highest BCUT2D eigenvalue weighted by Gasteiger charge is 2.21. The molecule has 0 aliphatic carbocycles. The topological polar surface area (TPSA) is 40.8 Å². The van der Waals surface area contributed by atoms with Crippen LogP contribution in [0.2, 0.25) is 0 Å². The number of aromatic nitrogens is 1. The smallest absolute Gasteiger partial charge is 0.216 e. The Morgan fingerprint density at radius 2 is 1.55 bits per heavy atom. The molecule has 29 heavy (non-hydrogen) atoms. The first-order valence-electron chi connectivity index (χ1n) is 9.58. The summed E-state index contributed by atoms with van der Waals surface area (Å²) in [5, 5.41) is 11.7. The standard InChI is InChI=1S/C26H19N2O/c1-17-13-14-22-21-11-7-10-20(19-9-4-3-8-18(19)16-27)25(21)29-26(22)24(17)23-12-5-6-15-28(23)2/h3-15H,1-2H3/q+1. The fourth-order valence-electron chi connectivity index (χ4n) is 4.09. The second-order valence-electron chi connectivity index (χ2n) is 7.27. The van der Waals surface area contributed by atoms with Crippen LogP contribution in [0.25, 0.3) is 44.3 Å². The molecular weight excluding hydrogens is 356 g/mol. The summed E-state index contributed by atoms with van der Waals surface area (Å²) in [6.45, 7) is 2.11. The Kier molecular flexibility index (Phi) is 3.93. The number of furan rings is 1. The van der Waals surface area contributed by atoms with Gasteiger partial charge in [0.05, 0.1) is 17.2 Å². The van der Waals surface area contributed by atoms with Crippen molar-refractivity contribution >= 4 is 21.9 Å². The predicted octanol–water partition coefficient (Wildman–Crippen LogP) is 5.92. The van der Waals surface area contributed by atoms with Crippen molar-refractivity contribution in [3.8, 4) is 28.5 Å². The normalized spacial score (nSPS) is 11.1. The predicted molar refractivity (Wildman–Crippen MR) is 115 cm³/mol. The summed E-state index contributed by atoms with van der Waals surface area (Å²) in [6.07, 6.45) is 2.05. The minimum Gasteiger partial charge on any atom is -0.454 e. The Balaban J connectivity index is 1.89. The maximum absolute atomic E-state index is 9.57. The van der Waals surface area contributed by atoms with Gasteiger partial charge in [0.1, 0.15) is 18.2 Å². The summed E-state index contributed by atoms with van der Waals surface area (Å²) in [5.41, 5.74) is 7.54. The van der Waals surface area contributed by atoms with E-state index in [-0.39, 0.29) is 0 Å². The molecule has 3 aromatic carbocycles. The highest BCUT2D eigenvalue weighted by Crippen LogP contribution is 2.40. The molecule has 5 aromatic rings. The maximum atomic E-state index is 9.57. The van der Waals surface area contributed by atoms with Gasteiger partial charge in [-0.05, 0) is 24.6 Å². The van der Waals surface area contributed by atoms with Gasteiger partial charge >= 0.3 is 0 Å². The quantitative estimate of drug-likeness (QED) is 0.359. The average Bonchev–Trinajstić information content (AvgIpc) is 3.13. The van der Waals surface area contributed by atoms with Crippen molar-refractivity contribution in [2.24, 2.45) is 7.05 Å². The molecule has 0 aliphatic rings. The van der Waals surface area contributed by atoms with Crippen LogP contribution < -0.4 is 4.57 Å². The van der Waals surface area contributed by atoms with Gasteiger partial charge in [0.2, 0.25) is 5.69 Å². The lowest BCUT2D eigenvalue weighted by molar-refractivity contribution is -0.660. The summed E-state index contributed by atoms with van der Waals surface area (Å²) in [4.78, 5) is 0. The maximum Gasteiger partial charge on any atom is 0.216 e. The first-order valence-corrected chi connectivity index (χ1v) is 9.58. The highest BCUT2D eigenvalue weighted by atomic mass is 16.3. The van der Waals surface area contributed by atoms with Crippen LogP contribution in [-0.4, -0.2) is 0 Å². The molecule has 5 rings (SSSR count). The third-order valence-electron chi connectivity index (χ3n) is 5.52. The summed E-state index contributed by atoms with van der Waals surface area (Å²) in [5.74, 6) is 0. The Morgan fingerprint density at radius 1 is 0.793 bits per heavy atom. The number of para-hydroxylation sites is 1. The third kappa shape index (κ3) is 2.61. The van der Waals surface area contributed by atoms with Gasteiger partial charge in [0.15, 0.2) is 6.20 Å². The molecular formula is C26H19N2O+. The lowest BCUT2D eigenvalue weighted by atomic mass is 9.97. The first kappa shape index (κ1) is 17.2. The molecule has 0 saturated heterocycles. The molecule has 2 heterocycles. The zero-order chi connectivity index (χ0) is 20.0. The van der Waals surface area contributed by atoms with Gasteiger partial charge in [-0.1, -0.05) is 48.5 Å². The van der Waals surface area contributed by atoms with Crippen LogP contribution in [-0.2, 0) is 7.05 Å². The van der Waals surface area contributed by atoms with E-state index in [1.165, 1.54) is 0 Å². The zero-order valence-electron chi connectivity index (χ0n) is 16.3. The largest absolute Gasteiger partial charge is 0.454 e. The molecule has 138 valence electrons. The van der Waals surface area contributed by atoms with Crippen molar-refractivity contribution in [1.82, 2.24) is 0 Å². The number of rotatable bonds is 2. The number of hydrogen-bond donors (Lipinski definition) is 0. The molecule has 0 atom stereocenters. The second-order valence-corrected chi connectivity index (χ2v) is 7.27. The van der Waals surface area contributed by atoms with Crippen molar-refractivity contribution < 1.29 is 8.98 Å². The minimum atomic E-state index is 0.645. The number of fused-ring (bicyclic) bond motifs is 3. The van der Waals surface area contributed by atoms with Gasteiger partial charge in [-0.15, -0.1) is 0 Å². The van der Waals surface area contributed by atoms with E-state index in [2.05, 4.69) is 41.8 Å². The van der Waals surface area contributed by atoms with E-state index >= 15 is 0 Å². The molecule has 0 radical (unpaired) electrons. The summed E-state index contributed by atoms with van der Waals surface area (Å²) < 4.78 is 8.65. The van der Waals surface area contributed by atoms with Crippen LogP contribution >= 0.6 is 0 Å². The van der Waals surface area contributed by atoms with Crippen LogP contribution in [0, 0.1) is 18.3 Å². The molecule has 0 amide bonds. The van der Waals surface area contributed by atoms with Gasteiger partial charge in [0.25, 0.3) is 0 Å². The van der Waals surface area contributed by atoms with Gasteiger partial charge in [-0.3, -0.25) is 0 Å². The molecule has 0 aliphatic heterocycles. The van der Waals surface area contributed by atoms with E-state index < -0.39 is 0 Å². The van der Waals surface area contributed by atoms with Crippen LogP contribution in [0.1, 0.15) is 11.1 Å². The van der Waals surface area contributed by atoms with Crippen molar-refractivity contribution in [2.45, 2.75) is 6.92 Å². The van der Waals surface area contributed by atoms with Crippen LogP contribution in [0.3, 0.4) is 0 Å². The highest BCUT2D eigenvalue weighted by molar-refractivity contribution is 6.13. The second kappa shape index (κ2) is 6.61. The fourth-order valence-corrected chi connectivity index (χ4v) is 4.09. The molecule has 3 heteroatoms. The Labute approximate surface area is 169 Å². The Bertz CT molecular complexity index is 1440. The summed E-state index contributed by atoms with van der Waals surface area (Å²) in [6, 6.07) is 26.6. The molecule has 2 aromatic heterocycles. The number of aryl methyl sites for hydroxylation is 2. The van der Waals surface area contributed by atoms with E-state index in [0.29, 0.717) is 5.56 Å². The van der Waals surface area contributed by atoms with E-state index in [9.17, 15) is 5.26 Å². The molecule has 0 fully saturated rings. The Morgan fingerprint density at radius 3 is 2.38 bits per heavy atom. The Hall–Kier alpha value is -3.90. The van der Waals surface area contributed by atoms with Gasteiger partial charge < -0.3 is 4.42 Å². The number of hydrogen-bond acceptors (Lipinski definition) is 2. The lowest BCUT2D eigenvalue weighted by Crippen LogP contribution is -2.30. The molecule has 0 spiro atoms. The average molecular weight is 375 g/mol. The monoisotopic (exact) mass is 375 g/mol. The van der Waals surface area contributed by atoms with Gasteiger partial charge in [-0.2, -0.15) is 5.26 Å². The van der Waals surface area contributed by atoms with Crippen molar-refractivity contribution in [3.05, 3.63) is 90.1 Å². The van der Waals surface area contributed by atoms with Crippen LogP contribution in [0.4, 0.5) is 0 Å². The number of nitriles is 1. The molecule has 0 saturated carbocycles. The number of benzene rings is 3. The third-order valence-corrected chi connectivity index (χ3v) is 5.52. The van der Waals surface area contributed by atoms with E-state index in [1.54, 1.807) is 0 Å². The van der Waals surface area contributed by atoms with Crippen molar-refractivity contribution in [1.29, 1.82) is 5.26 Å². The molecule has 3 nitrogen and oxygen atoms in total. The zero-order valence-corrected chi connectivity index (χ0v) is 16.3. The van der Waals surface area contributed by atoms with Gasteiger partial charge in [0, 0.05) is 34.0 Å².